The van der Waals surface area contributed by atoms with Crippen molar-refractivity contribution in [3.05, 3.63) is 230 Å². The third-order valence-electron chi connectivity index (χ3n) is 17.2. The molecule has 1 aromatic heterocycles. The molecule has 2 nitrogen and oxygen atoms in total. The Balaban J connectivity index is 0.938. The molecule has 4 bridgehead atoms. The highest BCUT2D eigenvalue weighted by atomic mass is 14.9. The molecule has 11 aromatic rings. The van der Waals surface area contributed by atoms with E-state index >= 15 is 0 Å². The normalized spacial score (nSPS) is 20.6. The van der Waals surface area contributed by atoms with Gasteiger partial charge in [-0.2, -0.15) is 0 Å². The lowest BCUT2D eigenvalue weighted by atomic mass is 9.43. The van der Waals surface area contributed by atoms with Gasteiger partial charge in [-0.1, -0.05) is 194 Å². The van der Waals surface area contributed by atoms with Gasteiger partial charge in [0, 0.05) is 22.1 Å². The second kappa shape index (κ2) is 15.5. The molecule has 16 rings (SSSR count). The lowest BCUT2D eigenvalue weighted by Gasteiger charge is -2.61. The topological polar surface area (TPSA) is 25.8 Å². The third kappa shape index (κ3) is 5.92. The van der Waals surface area contributed by atoms with Crippen molar-refractivity contribution in [2.45, 2.75) is 37.5 Å². The molecule has 70 heavy (non-hydrogen) atoms. The molecule has 0 aliphatic heterocycles. The van der Waals surface area contributed by atoms with Gasteiger partial charge in [-0.05, 0) is 168 Å². The van der Waals surface area contributed by atoms with Gasteiger partial charge in [-0.3, -0.25) is 0 Å². The van der Waals surface area contributed by atoms with Crippen LogP contribution in [0.25, 0.3) is 111 Å². The van der Waals surface area contributed by atoms with Crippen LogP contribution in [0.2, 0.25) is 0 Å². The standard InChI is InChI=1S/C68H50N2/c1-3-17-44(18-4-1)52-25-9-10-26-53(52)63-41-62(69-67(70-63)45-19-5-2-6-20-45)48-23-15-24-49(38-48)64-54-27-11-13-29-56(54)65(57-30-14-12-28-55(57)64)58-31-16-32-60-66(58)59-39-46-21-7-8-22-47(46)40-61(59)68(60)50-34-42-33-43(36-50)37-51(68)35-42/h1-32,38-43,50-51H,33-37H2. The smallest absolute Gasteiger partial charge is 0.160 e. The molecule has 5 aliphatic carbocycles. The van der Waals surface area contributed by atoms with Gasteiger partial charge < -0.3 is 0 Å². The predicted octanol–water partition coefficient (Wildman–Crippen LogP) is 17.7. The van der Waals surface area contributed by atoms with E-state index < -0.39 is 0 Å². The Morgan fingerprint density at radius 2 is 0.829 bits per heavy atom. The second-order valence-electron chi connectivity index (χ2n) is 20.8. The van der Waals surface area contributed by atoms with E-state index in [2.05, 4.69) is 212 Å². The molecule has 1 spiro atoms. The Morgan fingerprint density at radius 1 is 0.314 bits per heavy atom. The number of benzene rings is 10. The van der Waals surface area contributed by atoms with Gasteiger partial charge in [0.15, 0.2) is 5.82 Å². The van der Waals surface area contributed by atoms with Crippen LogP contribution in [0.3, 0.4) is 0 Å². The lowest BCUT2D eigenvalue weighted by molar-refractivity contribution is -0.0398. The Hall–Kier alpha value is -7.94. The Labute approximate surface area is 409 Å². The maximum Gasteiger partial charge on any atom is 0.160 e. The summed E-state index contributed by atoms with van der Waals surface area (Å²) in [7, 11) is 0. The summed E-state index contributed by atoms with van der Waals surface area (Å²) in [6.07, 6.45) is 6.92. The van der Waals surface area contributed by atoms with Crippen LogP contribution in [0.1, 0.15) is 43.2 Å². The first-order valence-electron chi connectivity index (χ1n) is 25.5. The summed E-state index contributed by atoms with van der Waals surface area (Å²) in [6, 6.07) is 81.0. The van der Waals surface area contributed by atoms with Crippen LogP contribution in [-0.2, 0) is 5.41 Å². The maximum atomic E-state index is 5.34. The molecule has 332 valence electrons. The van der Waals surface area contributed by atoms with Gasteiger partial charge in [-0.25, -0.2) is 9.97 Å². The van der Waals surface area contributed by atoms with Gasteiger partial charge in [0.25, 0.3) is 0 Å². The molecule has 4 fully saturated rings. The van der Waals surface area contributed by atoms with Crippen LogP contribution < -0.4 is 0 Å². The van der Waals surface area contributed by atoms with Crippen molar-refractivity contribution in [3.8, 4) is 78.4 Å². The van der Waals surface area contributed by atoms with Crippen molar-refractivity contribution in [2.75, 3.05) is 0 Å². The summed E-state index contributed by atoms with van der Waals surface area (Å²) in [5, 5.41) is 7.81. The largest absolute Gasteiger partial charge is 0.228 e. The highest BCUT2D eigenvalue weighted by Crippen LogP contribution is 2.70. The van der Waals surface area contributed by atoms with Crippen molar-refractivity contribution in [1.29, 1.82) is 0 Å². The van der Waals surface area contributed by atoms with E-state index in [0.29, 0.717) is 17.7 Å². The quantitative estimate of drug-likeness (QED) is 0.155. The Kier molecular flexibility index (Phi) is 8.88. The van der Waals surface area contributed by atoms with Gasteiger partial charge >= 0.3 is 0 Å². The number of rotatable bonds is 6. The maximum absolute atomic E-state index is 5.34. The van der Waals surface area contributed by atoms with Crippen LogP contribution in [0.4, 0.5) is 0 Å². The summed E-state index contributed by atoms with van der Waals surface area (Å²) in [5.74, 6) is 3.87. The lowest BCUT2D eigenvalue weighted by Crippen LogP contribution is -2.55. The zero-order valence-electron chi connectivity index (χ0n) is 39.0. The van der Waals surface area contributed by atoms with Gasteiger partial charge in [0.1, 0.15) is 0 Å². The molecule has 0 N–H and O–H groups in total. The fourth-order valence-corrected chi connectivity index (χ4v) is 14.7. The number of hydrogen-bond acceptors (Lipinski definition) is 2. The molecule has 5 aliphatic rings. The van der Waals surface area contributed by atoms with Crippen LogP contribution in [0.5, 0.6) is 0 Å². The van der Waals surface area contributed by atoms with E-state index in [9.17, 15) is 0 Å². The Bertz CT molecular complexity index is 3820. The molecule has 0 radical (unpaired) electrons. The minimum Gasteiger partial charge on any atom is -0.228 e. The number of nitrogens with zero attached hydrogens (tertiary/aromatic N) is 2. The zero-order valence-corrected chi connectivity index (χ0v) is 39.0. The molecule has 2 heteroatoms. The number of aromatic nitrogens is 2. The Morgan fingerprint density at radius 3 is 1.51 bits per heavy atom. The van der Waals surface area contributed by atoms with Crippen LogP contribution >= 0.6 is 0 Å². The van der Waals surface area contributed by atoms with E-state index in [1.54, 1.807) is 11.1 Å². The summed E-state index contributed by atoms with van der Waals surface area (Å²) in [6.45, 7) is 0. The van der Waals surface area contributed by atoms with E-state index in [1.807, 2.05) is 6.07 Å². The molecule has 0 unspecified atom stereocenters. The first kappa shape index (κ1) is 40.0. The second-order valence-corrected chi connectivity index (χ2v) is 20.8. The van der Waals surface area contributed by atoms with Crippen molar-refractivity contribution in [3.63, 3.8) is 0 Å². The molecular weight excluding hydrogens is 845 g/mol. The number of fused-ring (bicyclic) bond motifs is 6. The van der Waals surface area contributed by atoms with E-state index in [0.717, 1.165) is 51.0 Å². The van der Waals surface area contributed by atoms with E-state index in [4.69, 9.17) is 9.97 Å². The molecule has 10 aromatic carbocycles. The summed E-state index contributed by atoms with van der Waals surface area (Å²) < 4.78 is 0. The predicted molar refractivity (Wildman–Crippen MR) is 290 cm³/mol. The van der Waals surface area contributed by atoms with Crippen LogP contribution in [-0.4, -0.2) is 9.97 Å². The van der Waals surface area contributed by atoms with Crippen LogP contribution in [0.15, 0.2) is 218 Å². The van der Waals surface area contributed by atoms with E-state index in [-0.39, 0.29) is 5.41 Å². The third-order valence-corrected chi connectivity index (χ3v) is 17.2. The molecule has 0 amide bonds. The van der Waals surface area contributed by atoms with Gasteiger partial charge in [0.2, 0.25) is 0 Å². The summed E-state index contributed by atoms with van der Waals surface area (Å²) in [5.41, 5.74) is 18.6. The fourth-order valence-electron chi connectivity index (χ4n) is 14.7. The average molecular weight is 895 g/mol. The first-order chi connectivity index (χ1) is 34.7. The average Bonchev–Trinajstić information content (AvgIpc) is 3.71. The molecule has 0 saturated heterocycles. The monoisotopic (exact) mass is 894 g/mol. The van der Waals surface area contributed by atoms with Crippen LogP contribution in [0, 0.1) is 23.7 Å². The van der Waals surface area contributed by atoms with Crippen molar-refractivity contribution in [2.24, 2.45) is 23.7 Å². The molecule has 1 heterocycles. The van der Waals surface area contributed by atoms with Crippen molar-refractivity contribution in [1.82, 2.24) is 9.97 Å². The van der Waals surface area contributed by atoms with E-state index in [1.165, 1.54) is 97.8 Å². The molecular formula is C68H50N2. The SMILES string of the molecule is c1ccc(-c2nc(-c3cccc(-c4c5ccccc5c(-c5cccc6c5-c5cc7ccccc7cc5C65C6CC7CC(C6)CC5C7)c5ccccc45)c3)cc(-c3ccccc3-c3ccccc3)n2)cc1. The first-order valence-corrected chi connectivity index (χ1v) is 25.5. The fraction of sp³-hybridized carbons (Fsp3) is 0.147. The summed E-state index contributed by atoms with van der Waals surface area (Å²) >= 11 is 0. The minimum atomic E-state index is 0.0645. The van der Waals surface area contributed by atoms with Gasteiger partial charge in [0.05, 0.1) is 11.4 Å². The molecule has 4 saturated carbocycles. The highest BCUT2D eigenvalue weighted by Gasteiger charge is 2.62. The van der Waals surface area contributed by atoms with Crippen molar-refractivity contribution < 1.29 is 0 Å². The minimum absolute atomic E-state index is 0.0645. The van der Waals surface area contributed by atoms with Gasteiger partial charge in [-0.15, -0.1) is 0 Å². The molecule has 0 atom stereocenters. The highest BCUT2D eigenvalue weighted by molar-refractivity contribution is 6.23. The summed E-state index contributed by atoms with van der Waals surface area (Å²) in [4.78, 5) is 10.6. The number of hydrogen-bond donors (Lipinski definition) is 0. The van der Waals surface area contributed by atoms with Crippen molar-refractivity contribution >= 4 is 32.3 Å². The zero-order chi connectivity index (χ0) is 45.9.